The summed E-state index contributed by atoms with van der Waals surface area (Å²) < 4.78 is 1.98. The predicted molar refractivity (Wildman–Crippen MR) is 92.9 cm³/mol. The number of carbonyl (C=O) groups excluding carboxylic acids is 1. The summed E-state index contributed by atoms with van der Waals surface area (Å²) in [4.78, 5) is 17.4. The fourth-order valence-electron chi connectivity index (χ4n) is 4.36. The van der Waals surface area contributed by atoms with Gasteiger partial charge in [-0.25, -0.2) is 4.79 Å². The van der Waals surface area contributed by atoms with Gasteiger partial charge in [-0.05, 0) is 37.9 Å². The van der Waals surface area contributed by atoms with Crippen LogP contribution < -0.4 is 0 Å². The molecule has 2 unspecified atom stereocenters. The number of nitrogens with zero attached hydrogens (tertiary/aromatic N) is 3. The van der Waals surface area contributed by atoms with Crippen LogP contribution in [0.15, 0.2) is 24.3 Å². The molecule has 0 saturated carbocycles. The Labute approximate surface area is 137 Å². The number of unbranched alkanes of at least 4 members (excludes halogenated alkanes) is 1. The number of para-hydroxylation sites is 1. The third kappa shape index (κ3) is 1.97. The Morgan fingerprint density at radius 2 is 2.04 bits per heavy atom. The van der Waals surface area contributed by atoms with Gasteiger partial charge in [0.25, 0.3) is 0 Å². The summed E-state index contributed by atoms with van der Waals surface area (Å²) in [6.45, 7) is 6.65. The number of likely N-dealkylation sites (N-methyl/N-ethyl adjacent to an activating group) is 1. The molecule has 2 aromatic rings. The maximum Gasteiger partial charge on any atom is 0.328 e. The first-order chi connectivity index (χ1) is 11.1. The van der Waals surface area contributed by atoms with E-state index in [1.165, 1.54) is 29.5 Å². The van der Waals surface area contributed by atoms with Gasteiger partial charge in [-0.15, -0.1) is 0 Å². The van der Waals surface area contributed by atoms with E-state index in [0.717, 1.165) is 25.0 Å². The molecule has 0 bridgehead atoms. The fourth-order valence-corrected chi connectivity index (χ4v) is 4.36. The zero-order chi connectivity index (χ0) is 16.1. The molecule has 1 amide bonds. The Morgan fingerprint density at radius 1 is 1.26 bits per heavy atom. The summed E-state index contributed by atoms with van der Waals surface area (Å²) >= 11 is 0. The maximum absolute atomic E-state index is 12.9. The van der Waals surface area contributed by atoms with E-state index in [1.54, 1.807) is 0 Å². The summed E-state index contributed by atoms with van der Waals surface area (Å²) in [7, 11) is 1.94. The van der Waals surface area contributed by atoms with Crippen LogP contribution in [0.1, 0.15) is 44.0 Å². The Bertz CT molecular complexity index is 763. The van der Waals surface area contributed by atoms with E-state index in [0.29, 0.717) is 6.04 Å². The first-order valence-electron chi connectivity index (χ1n) is 8.78. The van der Waals surface area contributed by atoms with E-state index in [-0.39, 0.29) is 12.1 Å². The topological polar surface area (TPSA) is 28.5 Å². The van der Waals surface area contributed by atoms with Crippen molar-refractivity contribution in [1.82, 2.24) is 14.4 Å². The van der Waals surface area contributed by atoms with Gasteiger partial charge < -0.3 is 4.90 Å². The van der Waals surface area contributed by atoms with Gasteiger partial charge in [0.05, 0.1) is 23.3 Å². The predicted octanol–water partition coefficient (Wildman–Crippen LogP) is 3.64. The van der Waals surface area contributed by atoms with Crippen molar-refractivity contribution in [2.24, 2.45) is 0 Å². The van der Waals surface area contributed by atoms with Crippen LogP contribution in [0.5, 0.6) is 0 Å². The highest BCUT2D eigenvalue weighted by molar-refractivity contribution is 5.96. The molecule has 0 fully saturated rings. The van der Waals surface area contributed by atoms with Crippen molar-refractivity contribution < 1.29 is 4.79 Å². The number of hydrogen-bond acceptors (Lipinski definition) is 2. The second-order valence-electron chi connectivity index (χ2n) is 6.93. The van der Waals surface area contributed by atoms with E-state index < -0.39 is 0 Å². The summed E-state index contributed by atoms with van der Waals surface area (Å²) in [5, 5.41) is 1.26. The monoisotopic (exact) mass is 311 g/mol. The van der Waals surface area contributed by atoms with Crippen LogP contribution in [0.4, 0.5) is 4.79 Å². The van der Waals surface area contributed by atoms with Crippen LogP contribution >= 0.6 is 0 Å². The number of hydrogen-bond donors (Lipinski definition) is 0. The molecule has 3 heterocycles. The minimum absolute atomic E-state index is 0.114. The molecule has 2 aliphatic rings. The number of amides is 1. The quantitative estimate of drug-likeness (QED) is 0.866. The van der Waals surface area contributed by atoms with E-state index in [9.17, 15) is 4.79 Å². The number of rotatable bonds is 3. The molecule has 4 rings (SSSR count). The molecule has 122 valence electrons. The lowest BCUT2D eigenvalue weighted by Gasteiger charge is -2.46. The molecule has 1 aromatic carbocycles. The number of aromatic nitrogens is 1. The maximum atomic E-state index is 12.9. The zero-order valence-electron chi connectivity index (χ0n) is 14.2. The van der Waals surface area contributed by atoms with Gasteiger partial charge in [-0.3, -0.25) is 9.47 Å². The highest BCUT2D eigenvalue weighted by Crippen LogP contribution is 2.42. The zero-order valence-corrected chi connectivity index (χ0v) is 14.2. The van der Waals surface area contributed by atoms with E-state index in [2.05, 4.69) is 36.9 Å². The molecular weight excluding hydrogens is 286 g/mol. The molecule has 0 N–H and O–H groups in total. The Balaban J connectivity index is 1.94. The standard InChI is InChI=1S/C19H25N3O/c1-4-5-11-21-12-10-15-14-8-6-7-9-16(14)22-18(15)17(21)13(2)20(3)19(22)23/h6-9,13,17H,4-5,10-12H2,1-3H3. The highest BCUT2D eigenvalue weighted by atomic mass is 16.2. The smallest absolute Gasteiger partial charge is 0.322 e. The minimum Gasteiger partial charge on any atom is -0.322 e. The van der Waals surface area contributed by atoms with E-state index in [4.69, 9.17) is 0 Å². The first kappa shape index (κ1) is 14.8. The molecule has 4 nitrogen and oxygen atoms in total. The van der Waals surface area contributed by atoms with Gasteiger partial charge in [0.2, 0.25) is 0 Å². The summed E-state index contributed by atoms with van der Waals surface area (Å²) in [6, 6.07) is 9.03. The highest BCUT2D eigenvalue weighted by Gasteiger charge is 2.43. The van der Waals surface area contributed by atoms with Gasteiger partial charge in [0.15, 0.2) is 0 Å². The molecule has 2 atom stereocenters. The van der Waals surface area contributed by atoms with Crippen molar-refractivity contribution in [2.45, 2.75) is 45.2 Å². The van der Waals surface area contributed by atoms with Crippen molar-refractivity contribution in [1.29, 1.82) is 0 Å². The van der Waals surface area contributed by atoms with Crippen molar-refractivity contribution in [3.8, 4) is 0 Å². The van der Waals surface area contributed by atoms with Gasteiger partial charge in [0.1, 0.15) is 0 Å². The molecule has 4 heteroatoms. The molecule has 0 spiro atoms. The van der Waals surface area contributed by atoms with Crippen molar-refractivity contribution >= 4 is 16.9 Å². The van der Waals surface area contributed by atoms with Crippen molar-refractivity contribution in [2.75, 3.05) is 20.1 Å². The van der Waals surface area contributed by atoms with E-state index >= 15 is 0 Å². The molecule has 0 saturated heterocycles. The molecule has 0 radical (unpaired) electrons. The average Bonchev–Trinajstić information content (AvgIpc) is 2.91. The molecule has 23 heavy (non-hydrogen) atoms. The molecular formula is C19H25N3O. The lowest BCUT2D eigenvalue weighted by molar-refractivity contribution is 0.0841. The fraction of sp³-hybridized carbons (Fsp3) is 0.526. The Hall–Kier alpha value is -1.81. The lowest BCUT2D eigenvalue weighted by atomic mass is 9.91. The van der Waals surface area contributed by atoms with Crippen LogP contribution in [0.25, 0.3) is 10.9 Å². The molecule has 1 aromatic heterocycles. The summed E-state index contributed by atoms with van der Waals surface area (Å²) in [6.07, 6.45) is 3.48. The second kappa shape index (κ2) is 5.38. The van der Waals surface area contributed by atoms with Crippen LogP contribution in [0, 0.1) is 0 Å². The van der Waals surface area contributed by atoms with Gasteiger partial charge in [0, 0.05) is 19.0 Å². The number of fused-ring (bicyclic) bond motifs is 3. The lowest BCUT2D eigenvalue weighted by Crippen LogP contribution is -2.54. The van der Waals surface area contributed by atoms with Crippen LogP contribution in [0.2, 0.25) is 0 Å². The number of carbonyl (C=O) groups is 1. The van der Waals surface area contributed by atoms with Gasteiger partial charge >= 0.3 is 6.03 Å². The van der Waals surface area contributed by atoms with Crippen molar-refractivity contribution in [3.63, 3.8) is 0 Å². The summed E-state index contributed by atoms with van der Waals surface area (Å²) in [5.74, 6) is 0. The van der Waals surface area contributed by atoms with Gasteiger partial charge in [-0.2, -0.15) is 0 Å². The largest absolute Gasteiger partial charge is 0.328 e. The third-order valence-corrected chi connectivity index (χ3v) is 5.70. The third-order valence-electron chi connectivity index (χ3n) is 5.70. The van der Waals surface area contributed by atoms with Crippen LogP contribution in [-0.2, 0) is 6.42 Å². The Kier molecular flexibility index (Phi) is 3.45. The second-order valence-corrected chi connectivity index (χ2v) is 6.93. The van der Waals surface area contributed by atoms with Crippen LogP contribution in [-0.4, -0.2) is 46.6 Å². The van der Waals surface area contributed by atoms with Crippen LogP contribution in [0.3, 0.4) is 0 Å². The SMILES string of the molecule is CCCCN1CCc2c3n(c4ccccc24)C(=O)N(C)C(C)C31. The summed E-state index contributed by atoms with van der Waals surface area (Å²) in [5.41, 5.74) is 3.72. The minimum atomic E-state index is 0.114. The molecule has 2 aliphatic heterocycles. The van der Waals surface area contributed by atoms with Crippen molar-refractivity contribution in [3.05, 3.63) is 35.5 Å². The first-order valence-corrected chi connectivity index (χ1v) is 8.78. The molecule has 0 aliphatic carbocycles. The normalized spacial score (nSPS) is 24.3. The van der Waals surface area contributed by atoms with E-state index in [1.807, 2.05) is 22.6 Å². The Morgan fingerprint density at radius 3 is 2.83 bits per heavy atom. The average molecular weight is 311 g/mol. The van der Waals surface area contributed by atoms with Gasteiger partial charge in [-0.1, -0.05) is 31.5 Å². The number of benzene rings is 1.